The summed E-state index contributed by atoms with van der Waals surface area (Å²) in [5.74, 6) is 0.887. The van der Waals surface area contributed by atoms with Gasteiger partial charge in [0.25, 0.3) is 0 Å². The maximum atomic E-state index is 5.61. The summed E-state index contributed by atoms with van der Waals surface area (Å²) in [5.41, 5.74) is 1.40. The Morgan fingerprint density at radius 3 is 2.28 bits per heavy atom. The second kappa shape index (κ2) is 6.76. The number of benzene rings is 1. The molecule has 0 aliphatic carbocycles. The van der Waals surface area contributed by atoms with Crippen molar-refractivity contribution in [3.63, 3.8) is 0 Å². The van der Waals surface area contributed by atoms with Crippen molar-refractivity contribution in [1.29, 1.82) is 0 Å². The van der Waals surface area contributed by atoms with Gasteiger partial charge in [-0.25, -0.2) is 0 Å². The summed E-state index contributed by atoms with van der Waals surface area (Å²) < 4.78 is 10.8. The minimum atomic E-state index is 0.118. The van der Waals surface area contributed by atoms with Gasteiger partial charge in [0.1, 0.15) is 12.4 Å². The van der Waals surface area contributed by atoms with Crippen LogP contribution in [0.2, 0.25) is 0 Å². The molecule has 3 heteroatoms. The van der Waals surface area contributed by atoms with Crippen molar-refractivity contribution in [3.8, 4) is 5.75 Å². The van der Waals surface area contributed by atoms with Crippen LogP contribution < -0.4 is 10.1 Å². The van der Waals surface area contributed by atoms with Crippen molar-refractivity contribution >= 4 is 0 Å². The first-order valence-electron chi connectivity index (χ1n) is 6.40. The van der Waals surface area contributed by atoms with E-state index in [2.05, 4.69) is 38.2 Å². The molecular formula is C15H25NO2. The Hall–Kier alpha value is -1.06. The first-order valence-corrected chi connectivity index (χ1v) is 6.40. The van der Waals surface area contributed by atoms with Gasteiger partial charge in [0, 0.05) is 19.2 Å². The first kappa shape index (κ1) is 15.0. The van der Waals surface area contributed by atoms with E-state index in [1.165, 1.54) is 5.56 Å². The lowest BCUT2D eigenvalue weighted by Crippen LogP contribution is -2.35. The molecule has 0 aromatic heterocycles. The van der Waals surface area contributed by atoms with Crippen molar-refractivity contribution in [3.05, 3.63) is 29.8 Å². The number of nitrogens with one attached hydrogen (secondary N) is 1. The Balaban J connectivity index is 2.42. The van der Waals surface area contributed by atoms with Crippen LogP contribution in [0.5, 0.6) is 5.75 Å². The molecule has 1 atom stereocenters. The maximum Gasteiger partial charge on any atom is 0.119 e. The lowest BCUT2D eigenvalue weighted by atomic mass is 10.1. The highest BCUT2D eigenvalue weighted by Gasteiger charge is 2.08. The second-order valence-electron chi connectivity index (χ2n) is 5.60. The molecule has 1 unspecified atom stereocenters. The molecule has 1 aromatic rings. The number of methoxy groups -OCH3 is 1. The SMILES string of the molecule is COC(C)COc1ccc(CNC(C)(C)C)cc1. The average Bonchev–Trinajstić information content (AvgIpc) is 2.33. The highest BCUT2D eigenvalue weighted by atomic mass is 16.5. The third-order valence-electron chi connectivity index (χ3n) is 2.63. The Morgan fingerprint density at radius 1 is 1.17 bits per heavy atom. The molecule has 1 N–H and O–H groups in total. The van der Waals surface area contributed by atoms with Crippen molar-refractivity contribution in [2.75, 3.05) is 13.7 Å². The summed E-state index contributed by atoms with van der Waals surface area (Å²) >= 11 is 0. The van der Waals surface area contributed by atoms with E-state index in [0.717, 1.165) is 12.3 Å². The first-order chi connectivity index (χ1) is 8.40. The average molecular weight is 251 g/mol. The quantitative estimate of drug-likeness (QED) is 0.843. The highest BCUT2D eigenvalue weighted by Crippen LogP contribution is 2.13. The lowest BCUT2D eigenvalue weighted by Gasteiger charge is -2.20. The van der Waals surface area contributed by atoms with E-state index in [0.29, 0.717) is 6.61 Å². The summed E-state index contributed by atoms with van der Waals surface area (Å²) in [7, 11) is 1.69. The van der Waals surface area contributed by atoms with E-state index in [1.54, 1.807) is 7.11 Å². The molecule has 0 fully saturated rings. The van der Waals surface area contributed by atoms with Crippen LogP contribution in [0.25, 0.3) is 0 Å². The van der Waals surface area contributed by atoms with Crippen LogP contribution in [-0.2, 0) is 11.3 Å². The third-order valence-corrected chi connectivity index (χ3v) is 2.63. The molecule has 18 heavy (non-hydrogen) atoms. The smallest absolute Gasteiger partial charge is 0.119 e. The van der Waals surface area contributed by atoms with E-state index >= 15 is 0 Å². The fourth-order valence-corrected chi connectivity index (χ4v) is 1.35. The van der Waals surface area contributed by atoms with Crippen molar-refractivity contribution in [2.45, 2.75) is 45.9 Å². The van der Waals surface area contributed by atoms with Gasteiger partial charge in [0.15, 0.2) is 0 Å². The van der Waals surface area contributed by atoms with Crippen molar-refractivity contribution in [2.24, 2.45) is 0 Å². The van der Waals surface area contributed by atoms with Crippen LogP contribution in [0.3, 0.4) is 0 Å². The zero-order chi connectivity index (χ0) is 13.6. The van der Waals surface area contributed by atoms with Gasteiger partial charge in [-0.05, 0) is 45.4 Å². The van der Waals surface area contributed by atoms with Gasteiger partial charge in [-0.2, -0.15) is 0 Å². The van der Waals surface area contributed by atoms with Crippen LogP contribution in [0.4, 0.5) is 0 Å². The van der Waals surface area contributed by atoms with Gasteiger partial charge < -0.3 is 14.8 Å². The van der Waals surface area contributed by atoms with Crippen molar-refractivity contribution < 1.29 is 9.47 Å². The van der Waals surface area contributed by atoms with Gasteiger partial charge >= 0.3 is 0 Å². The largest absolute Gasteiger partial charge is 0.491 e. The van der Waals surface area contributed by atoms with Crippen LogP contribution in [0.15, 0.2) is 24.3 Å². The molecule has 3 nitrogen and oxygen atoms in total. The predicted molar refractivity (Wildman–Crippen MR) is 75.0 cm³/mol. The number of hydrogen-bond donors (Lipinski definition) is 1. The topological polar surface area (TPSA) is 30.5 Å². The van der Waals surface area contributed by atoms with E-state index in [9.17, 15) is 0 Å². The number of rotatable bonds is 6. The fraction of sp³-hybridized carbons (Fsp3) is 0.600. The minimum absolute atomic E-state index is 0.118. The fourth-order valence-electron chi connectivity index (χ4n) is 1.35. The summed E-state index contributed by atoms with van der Waals surface area (Å²) in [5, 5.41) is 3.46. The standard InChI is InChI=1S/C15H25NO2/c1-12(17-5)11-18-14-8-6-13(7-9-14)10-16-15(2,3)4/h6-9,12,16H,10-11H2,1-5H3. The van der Waals surface area contributed by atoms with Crippen LogP contribution in [0, 0.1) is 0 Å². The summed E-state index contributed by atoms with van der Waals surface area (Å²) in [6.07, 6.45) is 0.118. The third kappa shape index (κ3) is 6.03. The molecular weight excluding hydrogens is 226 g/mol. The molecule has 0 saturated heterocycles. The van der Waals surface area contributed by atoms with E-state index < -0.39 is 0 Å². The number of ether oxygens (including phenoxy) is 2. The van der Waals surface area contributed by atoms with Gasteiger partial charge in [-0.3, -0.25) is 0 Å². The van der Waals surface area contributed by atoms with Gasteiger partial charge in [0.05, 0.1) is 6.10 Å². The van der Waals surface area contributed by atoms with Gasteiger partial charge in [0.2, 0.25) is 0 Å². The minimum Gasteiger partial charge on any atom is -0.491 e. The molecule has 0 spiro atoms. The normalized spacial score (nSPS) is 13.4. The summed E-state index contributed by atoms with van der Waals surface area (Å²) in [6.45, 7) is 9.93. The molecule has 0 bridgehead atoms. The zero-order valence-electron chi connectivity index (χ0n) is 12.1. The van der Waals surface area contributed by atoms with Crippen LogP contribution in [0.1, 0.15) is 33.3 Å². The monoisotopic (exact) mass is 251 g/mol. The second-order valence-corrected chi connectivity index (χ2v) is 5.60. The maximum absolute atomic E-state index is 5.61. The van der Waals surface area contributed by atoms with Crippen LogP contribution in [-0.4, -0.2) is 25.4 Å². The highest BCUT2D eigenvalue weighted by molar-refractivity contribution is 5.27. The molecule has 0 aliphatic rings. The Morgan fingerprint density at radius 2 is 1.78 bits per heavy atom. The Bertz CT molecular complexity index is 341. The molecule has 0 heterocycles. The van der Waals surface area contributed by atoms with Gasteiger partial charge in [-0.15, -0.1) is 0 Å². The molecule has 0 radical (unpaired) electrons. The molecule has 102 valence electrons. The number of hydrogen-bond acceptors (Lipinski definition) is 3. The Kier molecular flexibility index (Phi) is 5.63. The predicted octanol–water partition coefficient (Wildman–Crippen LogP) is 2.99. The summed E-state index contributed by atoms with van der Waals surface area (Å²) in [6, 6.07) is 8.18. The van der Waals surface area contributed by atoms with E-state index in [4.69, 9.17) is 9.47 Å². The molecule has 0 saturated carbocycles. The molecule has 0 amide bonds. The zero-order valence-corrected chi connectivity index (χ0v) is 12.1. The van der Waals surface area contributed by atoms with Crippen LogP contribution >= 0.6 is 0 Å². The van der Waals surface area contributed by atoms with E-state index in [1.807, 2.05) is 19.1 Å². The van der Waals surface area contributed by atoms with Gasteiger partial charge in [-0.1, -0.05) is 12.1 Å². The Labute approximate surface area is 110 Å². The molecule has 0 aliphatic heterocycles. The summed E-state index contributed by atoms with van der Waals surface area (Å²) in [4.78, 5) is 0. The van der Waals surface area contributed by atoms with Crippen molar-refractivity contribution in [1.82, 2.24) is 5.32 Å². The molecule has 1 rings (SSSR count). The molecule has 1 aromatic carbocycles. The van der Waals surface area contributed by atoms with E-state index in [-0.39, 0.29) is 11.6 Å². The lowest BCUT2D eigenvalue weighted by molar-refractivity contribution is 0.0716.